The van der Waals surface area contributed by atoms with Crippen molar-refractivity contribution in [2.24, 2.45) is 4.99 Å². The maximum Gasteiger partial charge on any atom is 0.255 e. The van der Waals surface area contributed by atoms with E-state index in [1.54, 1.807) is 7.05 Å². The van der Waals surface area contributed by atoms with E-state index in [2.05, 4.69) is 42.4 Å². The van der Waals surface area contributed by atoms with Crippen LogP contribution in [0.4, 0.5) is 8.78 Å². The normalized spacial score (nSPS) is 19.6. The first-order valence-corrected chi connectivity index (χ1v) is 7.43. The van der Waals surface area contributed by atoms with Crippen molar-refractivity contribution >= 4 is 5.96 Å². The second-order valence-corrected chi connectivity index (χ2v) is 5.48. The number of guanidine groups is 1. The van der Waals surface area contributed by atoms with E-state index in [0.29, 0.717) is 25.7 Å². The molecule has 0 aliphatic carbocycles. The van der Waals surface area contributed by atoms with Crippen LogP contribution in [0.25, 0.3) is 0 Å². The van der Waals surface area contributed by atoms with Crippen molar-refractivity contribution in [3.63, 3.8) is 0 Å². The Kier molecular flexibility index (Phi) is 5.71. The molecule has 0 spiro atoms. The zero-order chi connectivity index (χ0) is 16.1. The monoisotopic (exact) mass is 311 g/mol. The van der Waals surface area contributed by atoms with Crippen molar-refractivity contribution in [2.75, 3.05) is 33.3 Å². The molecule has 6 heteroatoms. The van der Waals surface area contributed by atoms with Gasteiger partial charge in [0.2, 0.25) is 0 Å². The van der Waals surface area contributed by atoms with E-state index < -0.39 is 13.0 Å². The first-order chi connectivity index (χ1) is 10.5. The summed E-state index contributed by atoms with van der Waals surface area (Å²) in [5.41, 5.74) is 3.53. The van der Waals surface area contributed by atoms with E-state index in [1.807, 2.05) is 4.90 Å². The van der Waals surface area contributed by atoms with E-state index in [-0.39, 0.29) is 6.10 Å². The molecule has 0 amide bonds. The summed E-state index contributed by atoms with van der Waals surface area (Å²) in [6, 6.07) is 6.27. The van der Waals surface area contributed by atoms with Gasteiger partial charge in [-0.1, -0.05) is 23.8 Å². The average Bonchev–Trinajstić information content (AvgIpc) is 2.48. The van der Waals surface area contributed by atoms with E-state index in [1.165, 1.54) is 11.1 Å². The standard InChI is InChI=1S/C16H23F2N3O/c1-11-4-5-13(12(2)8-11)14-10-21(6-7-22-14)16(19-3)20-9-15(17)18/h4-5,8,14-15H,6-7,9-10H2,1-3H3,(H,19,20). The van der Waals surface area contributed by atoms with Crippen LogP contribution in [0.5, 0.6) is 0 Å². The number of ether oxygens (including phenoxy) is 1. The largest absolute Gasteiger partial charge is 0.370 e. The highest BCUT2D eigenvalue weighted by molar-refractivity contribution is 5.80. The van der Waals surface area contributed by atoms with Gasteiger partial charge >= 0.3 is 0 Å². The smallest absolute Gasteiger partial charge is 0.255 e. The fourth-order valence-electron chi connectivity index (χ4n) is 2.72. The third kappa shape index (κ3) is 4.16. The fourth-order valence-corrected chi connectivity index (χ4v) is 2.72. The molecule has 1 N–H and O–H groups in total. The summed E-state index contributed by atoms with van der Waals surface area (Å²) in [6.07, 6.45) is -2.47. The van der Waals surface area contributed by atoms with Crippen molar-refractivity contribution in [2.45, 2.75) is 26.4 Å². The van der Waals surface area contributed by atoms with Gasteiger partial charge in [0.05, 0.1) is 19.7 Å². The molecule has 0 saturated carbocycles. The van der Waals surface area contributed by atoms with Crippen molar-refractivity contribution in [3.8, 4) is 0 Å². The highest BCUT2D eigenvalue weighted by atomic mass is 19.3. The zero-order valence-corrected chi connectivity index (χ0v) is 13.3. The Hall–Kier alpha value is -1.69. The maximum atomic E-state index is 12.4. The van der Waals surface area contributed by atoms with Gasteiger partial charge in [0.25, 0.3) is 6.43 Å². The summed E-state index contributed by atoms with van der Waals surface area (Å²) < 4.78 is 30.6. The van der Waals surface area contributed by atoms with Crippen LogP contribution in [-0.4, -0.2) is 50.6 Å². The van der Waals surface area contributed by atoms with Gasteiger partial charge in [-0.05, 0) is 25.0 Å². The van der Waals surface area contributed by atoms with Crippen molar-refractivity contribution < 1.29 is 13.5 Å². The molecule has 1 heterocycles. The average molecular weight is 311 g/mol. The Morgan fingerprint density at radius 1 is 1.45 bits per heavy atom. The van der Waals surface area contributed by atoms with Gasteiger partial charge < -0.3 is 15.0 Å². The molecule has 122 valence electrons. The number of aryl methyl sites for hydroxylation is 2. The summed E-state index contributed by atoms with van der Waals surface area (Å²) in [5.74, 6) is 0.498. The Morgan fingerprint density at radius 2 is 2.23 bits per heavy atom. The lowest BCUT2D eigenvalue weighted by Gasteiger charge is -2.35. The molecule has 2 rings (SSSR count). The molecule has 1 aliphatic rings. The zero-order valence-electron chi connectivity index (χ0n) is 13.3. The molecule has 1 aromatic carbocycles. The molecule has 1 fully saturated rings. The fraction of sp³-hybridized carbons (Fsp3) is 0.562. The molecular formula is C16H23F2N3O. The molecule has 1 saturated heterocycles. The number of halogens is 2. The minimum Gasteiger partial charge on any atom is -0.370 e. The van der Waals surface area contributed by atoms with Gasteiger partial charge in [-0.25, -0.2) is 8.78 Å². The van der Waals surface area contributed by atoms with Crippen LogP contribution in [-0.2, 0) is 4.74 Å². The van der Waals surface area contributed by atoms with Gasteiger partial charge in [-0.2, -0.15) is 0 Å². The van der Waals surface area contributed by atoms with Crippen LogP contribution in [0.3, 0.4) is 0 Å². The molecule has 22 heavy (non-hydrogen) atoms. The minimum atomic E-state index is -2.40. The minimum absolute atomic E-state index is 0.0700. The first-order valence-electron chi connectivity index (χ1n) is 7.43. The van der Waals surface area contributed by atoms with Gasteiger partial charge in [-0.15, -0.1) is 0 Å². The van der Waals surface area contributed by atoms with Gasteiger partial charge in [-0.3, -0.25) is 4.99 Å². The number of hydrogen-bond donors (Lipinski definition) is 1. The number of morpholine rings is 1. The van der Waals surface area contributed by atoms with E-state index in [4.69, 9.17) is 4.74 Å². The van der Waals surface area contributed by atoms with Gasteiger partial charge in [0, 0.05) is 13.6 Å². The number of nitrogens with zero attached hydrogens (tertiary/aromatic N) is 2. The van der Waals surface area contributed by atoms with E-state index in [9.17, 15) is 8.78 Å². The quantitative estimate of drug-likeness (QED) is 0.688. The number of aliphatic imine (C=N–C) groups is 1. The Balaban J connectivity index is 2.07. The van der Waals surface area contributed by atoms with Crippen LogP contribution >= 0.6 is 0 Å². The van der Waals surface area contributed by atoms with Crippen LogP contribution in [0, 0.1) is 13.8 Å². The lowest BCUT2D eigenvalue weighted by atomic mass is 10.00. The summed E-state index contributed by atoms with van der Waals surface area (Å²) in [5, 5.41) is 2.70. The van der Waals surface area contributed by atoms with Crippen molar-refractivity contribution in [1.82, 2.24) is 10.2 Å². The topological polar surface area (TPSA) is 36.9 Å². The molecule has 1 atom stereocenters. The summed E-state index contributed by atoms with van der Waals surface area (Å²) in [7, 11) is 1.61. The Labute approximate surface area is 130 Å². The van der Waals surface area contributed by atoms with Crippen LogP contribution in [0.15, 0.2) is 23.2 Å². The highest BCUT2D eigenvalue weighted by Crippen LogP contribution is 2.25. The molecule has 0 bridgehead atoms. The number of hydrogen-bond acceptors (Lipinski definition) is 2. The third-order valence-electron chi connectivity index (χ3n) is 3.76. The third-order valence-corrected chi connectivity index (χ3v) is 3.76. The predicted octanol–water partition coefficient (Wildman–Crippen LogP) is 2.52. The highest BCUT2D eigenvalue weighted by Gasteiger charge is 2.25. The second-order valence-electron chi connectivity index (χ2n) is 5.48. The maximum absolute atomic E-state index is 12.4. The lowest BCUT2D eigenvalue weighted by Crippen LogP contribution is -2.49. The summed E-state index contributed by atoms with van der Waals surface area (Å²) in [4.78, 5) is 6.06. The van der Waals surface area contributed by atoms with Gasteiger partial charge in [0.15, 0.2) is 5.96 Å². The molecule has 0 radical (unpaired) electrons. The number of nitrogens with one attached hydrogen (secondary N) is 1. The molecule has 4 nitrogen and oxygen atoms in total. The predicted molar refractivity (Wildman–Crippen MR) is 83.5 cm³/mol. The van der Waals surface area contributed by atoms with Crippen LogP contribution < -0.4 is 5.32 Å². The molecule has 0 aromatic heterocycles. The van der Waals surface area contributed by atoms with Crippen molar-refractivity contribution in [1.29, 1.82) is 0 Å². The number of alkyl halides is 2. The van der Waals surface area contributed by atoms with Gasteiger partial charge in [0.1, 0.15) is 6.10 Å². The Bertz CT molecular complexity index is 534. The van der Waals surface area contributed by atoms with Crippen LogP contribution in [0.2, 0.25) is 0 Å². The number of benzene rings is 1. The number of rotatable bonds is 3. The molecule has 1 unspecified atom stereocenters. The van der Waals surface area contributed by atoms with Crippen molar-refractivity contribution in [3.05, 3.63) is 34.9 Å². The van der Waals surface area contributed by atoms with E-state index >= 15 is 0 Å². The SMILES string of the molecule is CN=C(NCC(F)F)N1CCOC(c2ccc(C)cc2C)C1. The lowest BCUT2D eigenvalue weighted by molar-refractivity contribution is -0.00857. The molecular weight excluding hydrogens is 288 g/mol. The second kappa shape index (κ2) is 7.54. The molecule has 1 aromatic rings. The first kappa shape index (κ1) is 16.7. The van der Waals surface area contributed by atoms with Crippen LogP contribution in [0.1, 0.15) is 22.8 Å². The molecule has 1 aliphatic heterocycles. The van der Waals surface area contributed by atoms with E-state index in [0.717, 1.165) is 5.56 Å². The Morgan fingerprint density at radius 3 is 2.86 bits per heavy atom. The summed E-state index contributed by atoms with van der Waals surface area (Å²) in [6.45, 7) is 5.53. The summed E-state index contributed by atoms with van der Waals surface area (Å²) >= 11 is 0.